The fourth-order valence-electron chi connectivity index (χ4n) is 1.99. The van der Waals surface area contributed by atoms with Gasteiger partial charge in [-0.05, 0) is 35.9 Å². The summed E-state index contributed by atoms with van der Waals surface area (Å²) in [5.74, 6) is -1.57. The largest absolute Gasteiger partial charge is 0.348 e. The van der Waals surface area contributed by atoms with E-state index >= 15 is 0 Å². The molecule has 2 aromatic carbocycles. The first-order chi connectivity index (χ1) is 11.6. The molecule has 0 saturated carbocycles. The molecule has 0 bridgehead atoms. The molecule has 0 aromatic heterocycles. The maximum absolute atomic E-state index is 14.0. The van der Waals surface area contributed by atoms with E-state index in [4.69, 9.17) is 23.2 Å². The van der Waals surface area contributed by atoms with E-state index in [0.717, 1.165) is 22.5 Å². The highest BCUT2D eigenvalue weighted by molar-refractivity contribution is 7.89. The molecule has 0 aliphatic heterocycles. The third-order valence-electron chi connectivity index (χ3n) is 3.42. The highest BCUT2D eigenvalue weighted by atomic mass is 35.5. The summed E-state index contributed by atoms with van der Waals surface area (Å²) >= 11 is 11.8. The van der Waals surface area contributed by atoms with Crippen LogP contribution in [-0.4, -0.2) is 32.7 Å². The summed E-state index contributed by atoms with van der Waals surface area (Å²) < 4.78 is 39.2. The average Bonchev–Trinajstić information content (AvgIpc) is 2.53. The van der Waals surface area contributed by atoms with Crippen molar-refractivity contribution in [2.24, 2.45) is 0 Å². The highest BCUT2D eigenvalue weighted by Crippen LogP contribution is 2.21. The van der Waals surface area contributed by atoms with Gasteiger partial charge in [0.25, 0.3) is 5.91 Å². The second kappa shape index (κ2) is 7.70. The minimum atomic E-state index is -3.78. The molecule has 0 unspecified atom stereocenters. The molecule has 0 heterocycles. The molecule has 1 amide bonds. The normalized spacial score (nSPS) is 11.6. The Labute approximate surface area is 155 Å². The molecule has 0 aliphatic carbocycles. The van der Waals surface area contributed by atoms with Crippen molar-refractivity contribution >= 4 is 39.1 Å². The molecule has 2 rings (SSSR count). The molecule has 0 atom stereocenters. The molecule has 9 heteroatoms. The first kappa shape index (κ1) is 19.7. The Morgan fingerprint density at radius 1 is 1.16 bits per heavy atom. The van der Waals surface area contributed by atoms with Crippen LogP contribution in [0.4, 0.5) is 4.39 Å². The van der Waals surface area contributed by atoms with Crippen molar-refractivity contribution in [1.29, 1.82) is 0 Å². The highest BCUT2D eigenvalue weighted by Gasteiger charge is 2.21. The van der Waals surface area contributed by atoms with Crippen molar-refractivity contribution in [2.45, 2.75) is 11.4 Å². The standard InChI is InChI=1S/C16H15Cl2FN2O3S/c1-21(2)25(23,24)12-5-6-15(19)13(8-12)16(22)20-9-10-3-4-11(17)7-14(10)18/h3-8H,9H2,1-2H3,(H,20,22). The zero-order valence-electron chi connectivity index (χ0n) is 13.4. The zero-order chi connectivity index (χ0) is 18.8. The van der Waals surface area contributed by atoms with Gasteiger partial charge in [0.15, 0.2) is 0 Å². The van der Waals surface area contributed by atoms with Crippen molar-refractivity contribution in [1.82, 2.24) is 9.62 Å². The fourth-order valence-corrected chi connectivity index (χ4v) is 3.39. The van der Waals surface area contributed by atoms with Crippen LogP contribution in [0.3, 0.4) is 0 Å². The number of hydrogen-bond donors (Lipinski definition) is 1. The quantitative estimate of drug-likeness (QED) is 0.830. The van der Waals surface area contributed by atoms with Gasteiger partial charge >= 0.3 is 0 Å². The van der Waals surface area contributed by atoms with E-state index in [1.165, 1.54) is 20.2 Å². The van der Waals surface area contributed by atoms with Gasteiger partial charge in [-0.25, -0.2) is 17.1 Å². The number of nitrogens with zero attached hydrogens (tertiary/aromatic N) is 1. The number of carbonyl (C=O) groups is 1. The summed E-state index contributed by atoms with van der Waals surface area (Å²) in [6, 6.07) is 7.82. The van der Waals surface area contributed by atoms with Crippen LogP contribution in [0.1, 0.15) is 15.9 Å². The number of carbonyl (C=O) groups excluding carboxylic acids is 1. The van der Waals surface area contributed by atoms with Gasteiger partial charge in [0.2, 0.25) is 10.0 Å². The van der Waals surface area contributed by atoms with Crippen molar-refractivity contribution < 1.29 is 17.6 Å². The molecule has 0 spiro atoms. The summed E-state index contributed by atoms with van der Waals surface area (Å²) in [4.78, 5) is 12.1. The number of halogens is 3. The molecule has 25 heavy (non-hydrogen) atoms. The molecule has 0 saturated heterocycles. The van der Waals surface area contributed by atoms with Gasteiger partial charge in [-0.15, -0.1) is 0 Å². The number of hydrogen-bond acceptors (Lipinski definition) is 3. The minimum absolute atomic E-state index is 0.0406. The Morgan fingerprint density at radius 2 is 1.84 bits per heavy atom. The molecule has 0 fully saturated rings. The summed E-state index contributed by atoms with van der Waals surface area (Å²) in [6.45, 7) is 0.0406. The summed E-state index contributed by atoms with van der Waals surface area (Å²) in [5.41, 5.74) is 0.227. The van der Waals surface area contributed by atoms with Crippen LogP contribution in [0.15, 0.2) is 41.3 Å². The van der Waals surface area contributed by atoms with Gasteiger partial charge in [0, 0.05) is 30.7 Å². The van der Waals surface area contributed by atoms with Crippen LogP contribution in [0.2, 0.25) is 10.0 Å². The van der Waals surface area contributed by atoms with E-state index in [1.807, 2.05) is 0 Å². The Bertz CT molecular complexity index is 918. The Hall–Kier alpha value is -1.67. The van der Waals surface area contributed by atoms with Crippen molar-refractivity contribution in [2.75, 3.05) is 14.1 Å². The van der Waals surface area contributed by atoms with E-state index in [9.17, 15) is 17.6 Å². The third-order valence-corrected chi connectivity index (χ3v) is 5.81. The maximum atomic E-state index is 14.0. The SMILES string of the molecule is CN(C)S(=O)(=O)c1ccc(F)c(C(=O)NCc2ccc(Cl)cc2Cl)c1. The number of amides is 1. The predicted octanol–water partition coefficient (Wildman–Crippen LogP) is 3.31. The van der Waals surface area contributed by atoms with E-state index in [2.05, 4.69) is 5.32 Å². The van der Waals surface area contributed by atoms with Crippen molar-refractivity contribution in [3.8, 4) is 0 Å². The maximum Gasteiger partial charge on any atom is 0.254 e. The van der Waals surface area contributed by atoms with Crippen molar-refractivity contribution in [3.63, 3.8) is 0 Å². The van der Waals surface area contributed by atoms with Gasteiger partial charge in [-0.1, -0.05) is 29.3 Å². The minimum Gasteiger partial charge on any atom is -0.348 e. The lowest BCUT2D eigenvalue weighted by atomic mass is 10.2. The van der Waals surface area contributed by atoms with E-state index in [-0.39, 0.29) is 17.0 Å². The van der Waals surface area contributed by atoms with Gasteiger partial charge in [0.1, 0.15) is 5.82 Å². The number of sulfonamides is 1. The van der Waals surface area contributed by atoms with Gasteiger partial charge in [-0.2, -0.15) is 0 Å². The molecule has 0 radical (unpaired) electrons. The summed E-state index contributed by atoms with van der Waals surface area (Å²) in [5, 5.41) is 3.32. The van der Waals surface area contributed by atoms with Crippen molar-refractivity contribution in [3.05, 3.63) is 63.4 Å². The second-order valence-electron chi connectivity index (χ2n) is 5.35. The lowest BCUT2D eigenvalue weighted by molar-refractivity contribution is 0.0946. The van der Waals surface area contributed by atoms with Crippen LogP contribution >= 0.6 is 23.2 Å². The lowest BCUT2D eigenvalue weighted by Gasteiger charge is -2.13. The molecular weight excluding hydrogens is 390 g/mol. The van der Waals surface area contributed by atoms with Crippen LogP contribution in [0, 0.1) is 5.82 Å². The number of benzene rings is 2. The number of rotatable bonds is 5. The first-order valence-electron chi connectivity index (χ1n) is 7.07. The van der Waals surface area contributed by atoms with Crippen LogP contribution < -0.4 is 5.32 Å². The van der Waals surface area contributed by atoms with E-state index in [0.29, 0.717) is 15.6 Å². The zero-order valence-corrected chi connectivity index (χ0v) is 15.7. The molecule has 1 N–H and O–H groups in total. The molecule has 134 valence electrons. The molecular formula is C16H15Cl2FN2O3S. The van der Waals surface area contributed by atoms with Gasteiger partial charge < -0.3 is 5.32 Å². The topological polar surface area (TPSA) is 66.5 Å². The third kappa shape index (κ3) is 4.49. The van der Waals surface area contributed by atoms with Gasteiger partial charge in [-0.3, -0.25) is 4.79 Å². The summed E-state index contributed by atoms with van der Waals surface area (Å²) in [6.07, 6.45) is 0. The fraction of sp³-hybridized carbons (Fsp3) is 0.188. The molecule has 0 aliphatic rings. The first-order valence-corrected chi connectivity index (χ1v) is 9.26. The average molecular weight is 405 g/mol. The van der Waals surface area contributed by atoms with Crippen LogP contribution in [0.25, 0.3) is 0 Å². The van der Waals surface area contributed by atoms with E-state index < -0.39 is 21.7 Å². The Kier molecular flexibility index (Phi) is 6.05. The summed E-state index contributed by atoms with van der Waals surface area (Å²) in [7, 11) is -1.08. The van der Waals surface area contributed by atoms with Crippen LogP contribution in [-0.2, 0) is 16.6 Å². The van der Waals surface area contributed by atoms with E-state index in [1.54, 1.807) is 12.1 Å². The smallest absolute Gasteiger partial charge is 0.254 e. The lowest BCUT2D eigenvalue weighted by Crippen LogP contribution is -2.26. The van der Waals surface area contributed by atoms with Crippen LogP contribution in [0.5, 0.6) is 0 Å². The Morgan fingerprint density at radius 3 is 2.44 bits per heavy atom. The second-order valence-corrected chi connectivity index (χ2v) is 8.34. The molecule has 2 aromatic rings. The predicted molar refractivity (Wildman–Crippen MR) is 94.9 cm³/mol. The Balaban J connectivity index is 2.24. The monoisotopic (exact) mass is 404 g/mol. The molecule has 5 nitrogen and oxygen atoms in total. The van der Waals surface area contributed by atoms with Gasteiger partial charge in [0.05, 0.1) is 10.5 Å². The number of nitrogens with one attached hydrogen (secondary N) is 1.